The van der Waals surface area contributed by atoms with E-state index in [1.165, 1.54) is 0 Å². The van der Waals surface area contributed by atoms with Gasteiger partial charge in [0.05, 0.1) is 0 Å². The molecule has 2 aromatic rings. The Bertz CT molecular complexity index is 737. The highest BCUT2D eigenvalue weighted by Crippen LogP contribution is 2.17. The third-order valence-corrected chi connectivity index (χ3v) is 3.67. The number of urea groups is 1. The maximum absolute atomic E-state index is 12.4. The van der Waals surface area contributed by atoms with Gasteiger partial charge >= 0.3 is 6.03 Å². The number of carbonyl (C=O) groups excluding carboxylic acids is 2. The predicted molar refractivity (Wildman–Crippen MR) is 97.6 cm³/mol. The number of carbonyl (C=O) groups is 2. The third kappa shape index (κ3) is 4.59. The Balaban J connectivity index is 2.02. The average Bonchev–Trinajstić information content (AvgIpc) is 2.51. The third-order valence-electron chi connectivity index (χ3n) is 3.67. The smallest absolute Gasteiger partial charge is 0.319 e. The van der Waals surface area contributed by atoms with Gasteiger partial charge in [-0.25, -0.2) is 4.79 Å². The van der Waals surface area contributed by atoms with Crippen molar-refractivity contribution in [2.75, 3.05) is 10.6 Å². The van der Waals surface area contributed by atoms with Gasteiger partial charge in [0, 0.05) is 23.0 Å². The van der Waals surface area contributed by atoms with Crippen LogP contribution in [0.25, 0.3) is 0 Å². The molecule has 3 amide bonds. The molecule has 2 aromatic carbocycles. The molecular formula is C19H23N3O2. The molecule has 0 bridgehead atoms. The van der Waals surface area contributed by atoms with Crippen molar-refractivity contribution < 1.29 is 9.59 Å². The van der Waals surface area contributed by atoms with Crippen LogP contribution in [0.5, 0.6) is 0 Å². The van der Waals surface area contributed by atoms with E-state index in [4.69, 9.17) is 0 Å². The summed E-state index contributed by atoms with van der Waals surface area (Å²) in [4.78, 5) is 24.0. The van der Waals surface area contributed by atoms with Gasteiger partial charge < -0.3 is 16.0 Å². The highest BCUT2D eigenvalue weighted by Gasteiger charge is 2.10. The van der Waals surface area contributed by atoms with Crippen molar-refractivity contribution >= 4 is 23.3 Å². The topological polar surface area (TPSA) is 70.2 Å². The monoisotopic (exact) mass is 325 g/mol. The van der Waals surface area contributed by atoms with Gasteiger partial charge in [-0.05, 0) is 69.2 Å². The van der Waals surface area contributed by atoms with Gasteiger partial charge in [-0.3, -0.25) is 4.79 Å². The van der Waals surface area contributed by atoms with Crippen molar-refractivity contribution in [1.29, 1.82) is 0 Å². The van der Waals surface area contributed by atoms with Crippen LogP contribution in [-0.4, -0.2) is 18.0 Å². The van der Waals surface area contributed by atoms with Gasteiger partial charge in [-0.15, -0.1) is 0 Å². The number of amides is 3. The zero-order valence-corrected chi connectivity index (χ0v) is 14.4. The summed E-state index contributed by atoms with van der Waals surface area (Å²) in [5.74, 6) is -0.144. The van der Waals surface area contributed by atoms with Gasteiger partial charge in [0.2, 0.25) is 0 Å². The lowest BCUT2D eigenvalue weighted by Gasteiger charge is -2.12. The van der Waals surface area contributed by atoms with Crippen LogP contribution in [0.4, 0.5) is 16.2 Å². The molecule has 0 fully saturated rings. The van der Waals surface area contributed by atoms with Crippen molar-refractivity contribution in [2.45, 2.75) is 33.7 Å². The van der Waals surface area contributed by atoms with Crippen LogP contribution in [0.3, 0.4) is 0 Å². The fraction of sp³-hybridized carbons (Fsp3) is 0.263. The molecular weight excluding hydrogens is 302 g/mol. The molecule has 0 saturated heterocycles. The highest BCUT2D eigenvalue weighted by atomic mass is 16.2. The van der Waals surface area contributed by atoms with Gasteiger partial charge in [0.1, 0.15) is 0 Å². The molecule has 126 valence electrons. The first-order valence-corrected chi connectivity index (χ1v) is 7.92. The van der Waals surface area contributed by atoms with Gasteiger partial charge in [0.25, 0.3) is 5.91 Å². The molecule has 2 rings (SSSR count). The number of rotatable bonds is 4. The summed E-state index contributed by atoms with van der Waals surface area (Å²) in [6, 6.07) is 12.5. The van der Waals surface area contributed by atoms with Gasteiger partial charge in [0.15, 0.2) is 0 Å². The molecule has 0 spiro atoms. The quantitative estimate of drug-likeness (QED) is 0.792. The molecule has 0 aliphatic heterocycles. The highest BCUT2D eigenvalue weighted by molar-refractivity contribution is 6.05. The summed E-state index contributed by atoms with van der Waals surface area (Å²) in [6.07, 6.45) is 0. The Morgan fingerprint density at radius 1 is 0.875 bits per heavy atom. The van der Waals surface area contributed by atoms with E-state index < -0.39 is 0 Å². The zero-order valence-electron chi connectivity index (χ0n) is 14.4. The van der Waals surface area contributed by atoms with Crippen molar-refractivity contribution in [3.05, 3.63) is 59.2 Å². The number of nitrogens with one attached hydrogen (secondary N) is 3. The summed E-state index contributed by atoms with van der Waals surface area (Å²) in [6.45, 7) is 7.70. The Hall–Kier alpha value is -2.82. The molecule has 5 nitrogen and oxygen atoms in total. The zero-order chi connectivity index (χ0) is 17.7. The second-order valence-corrected chi connectivity index (χ2v) is 6.03. The number of aryl methyl sites for hydroxylation is 1. The average molecular weight is 325 g/mol. The van der Waals surface area contributed by atoms with E-state index in [1.807, 2.05) is 45.9 Å². The molecule has 0 atom stereocenters. The van der Waals surface area contributed by atoms with E-state index in [1.54, 1.807) is 24.3 Å². The van der Waals surface area contributed by atoms with E-state index in [0.29, 0.717) is 16.9 Å². The number of hydrogen-bond acceptors (Lipinski definition) is 2. The summed E-state index contributed by atoms with van der Waals surface area (Å²) < 4.78 is 0. The first kappa shape index (κ1) is 17.5. The van der Waals surface area contributed by atoms with Crippen LogP contribution >= 0.6 is 0 Å². The summed E-state index contributed by atoms with van der Waals surface area (Å²) >= 11 is 0. The minimum Gasteiger partial charge on any atom is -0.336 e. The molecule has 0 aromatic heterocycles. The maximum atomic E-state index is 12.4. The van der Waals surface area contributed by atoms with E-state index in [0.717, 1.165) is 11.1 Å². The van der Waals surface area contributed by atoms with Crippen molar-refractivity contribution in [1.82, 2.24) is 5.32 Å². The minimum atomic E-state index is -0.253. The first-order chi connectivity index (χ1) is 11.4. The summed E-state index contributed by atoms with van der Waals surface area (Å²) in [5, 5.41) is 8.36. The van der Waals surface area contributed by atoms with Gasteiger partial charge in [-0.2, -0.15) is 0 Å². The Morgan fingerprint density at radius 2 is 1.46 bits per heavy atom. The van der Waals surface area contributed by atoms with Crippen LogP contribution in [0.1, 0.15) is 35.3 Å². The lowest BCUT2D eigenvalue weighted by atomic mass is 10.0. The largest absolute Gasteiger partial charge is 0.336 e. The Morgan fingerprint density at radius 3 is 2.04 bits per heavy atom. The fourth-order valence-corrected chi connectivity index (χ4v) is 2.26. The fourth-order valence-electron chi connectivity index (χ4n) is 2.26. The minimum absolute atomic E-state index is 0.0705. The van der Waals surface area contributed by atoms with E-state index in [-0.39, 0.29) is 18.0 Å². The van der Waals surface area contributed by atoms with Crippen LogP contribution in [0, 0.1) is 13.8 Å². The molecule has 0 saturated carbocycles. The predicted octanol–water partition coefficient (Wildman–Crippen LogP) is 4.09. The van der Waals surface area contributed by atoms with Crippen LogP contribution in [0.15, 0.2) is 42.5 Å². The molecule has 0 aliphatic rings. The first-order valence-electron chi connectivity index (χ1n) is 7.92. The van der Waals surface area contributed by atoms with Crippen molar-refractivity contribution in [3.63, 3.8) is 0 Å². The Labute approximate surface area is 142 Å². The summed E-state index contributed by atoms with van der Waals surface area (Å²) in [5.41, 5.74) is 4.05. The Kier molecular flexibility index (Phi) is 5.58. The number of hydrogen-bond donors (Lipinski definition) is 3. The summed E-state index contributed by atoms with van der Waals surface area (Å²) in [7, 11) is 0. The number of benzene rings is 2. The molecule has 3 N–H and O–H groups in total. The molecule has 0 heterocycles. The lowest BCUT2D eigenvalue weighted by molar-refractivity contribution is 0.102. The van der Waals surface area contributed by atoms with Crippen LogP contribution in [0.2, 0.25) is 0 Å². The molecule has 0 radical (unpaired) electrons. The van der Waals surface area contributed by atoms with Crippen molar-refractivity contribution in [3.8, 4) is 0 Å². The molecule has 24 heavy (non-hydrogen) atoms. The molecule has 0 unspecified atom stereocenters. The standard InChI is InChI=1S/C19H23N3O2/c1-12(2)20-19(24)22-16-10-8-15(9-11-16)21-18(23)17-7-5-6-13(3)14(17)4/h5-12H,1-4H3,(H,21,23)(H2,20,22,24). The van der Waals surface area contributed by atoms with E-state index in [2.05, 4.69) is 16.0 Å². The van der Waals surface area contributed by atoms with Crippen molar-refractivity contribution in [2.24, 2.45) is 0 Å². The van der Waals surface area contributed by atoms with Crippen LogP contribution < -0.4 is 16.0 Å². The molecule has 0 aliphatic carbocycles. The SMILES string of the molecule is Cc1cccc(C(=O)Nc2ccc(NC(=O)NC(C)C)cc2)c1C. The van der Waals surface area contributed by atoms with E-state index >= 15 is 0 Å². The second kappa shape index (κ2) is 7.64. The second-order valence-electron chi connectivity index (χ2n) is 6.03. The number of anilines is 2. The van der Waals surface area contributed by atoms with Gasteiger partial charge in [-0.1, -0.05) is 12.1 Å². The molecule has 5 heteroatoms. The normalized spacial score (nSPS) is 10.4. The van der Waals surface area contributed by atoms with E-state index in [9.17, 15) is 9.59 Å². The maximum Gasteiger partial charge on any atom is 0.319 e. The lowest BCUT2D eigenvalue weighted by Crippen LogP contribution is -2.34. The van der Waals surface area contributed by atoms with Crippen LogP contribution in [-0.2, 0) is 0 Å².